The number of hydrogen-bond acceptors (Lipinski definition) is 2. The summed E-state index contributed by atoms with van der Waals surface area (Å²) in [5.41, 5.74) is 4.58. The second kappa shape index (κ2) is 7.66. The lowest BCUT2D eigenvalue weighted by molar-refractivity contribution is -0.137. The summed E-state index contributed by atoms with van der Waals surface area (Å²) in [5.74, 6) is -0.409. The average molecular weight is 325 g/mol. The van der Waals surface area contributed by atoms with Crippen LogP contribution in [0.5, 0.6) is 0 Å². The standard InChI is InChI=1S/C14H19F3N2O.ClH/c1-3-13(4-2,9-18)19-12(20)10-5-7-11(8-6-10)14(15,16)17;/h5-8H,3-4,9,18H2,1-2H3,(H,19,20);1H. The van der Waals surface area contributed by atoms with Gasteiger partial charge in [-0.3, -0.25) is 4.79 Å². The third kappa shape index (κ3) is 4.89. The molecule has 1 aromatic carbocycles. The molecule has 0 aliphatic heterocycles. The van der Waals surface area contributed by atoms with Crippen LogP contribution in [0, 0.1) is 0 Å². The van der Waals surface area contributed by atoms with Crippen LogP contribution in [0.2, 0.25) is 0 Å². The van der Waals surface area contributed by atoms with Crippen LogP contribution in [0.3, 0.4) is 0 Å². The molecule has 21 heavy (non-hydrogen) atoms. The molecule has 1 rings (SSSR count). The highest BCUT2D eigenvalue weighted by Gasteiger charge is 2.31. The molecule has 0 spiro atoms. The molecule has 0 aliphatic carbocycles. The Morgan fingerprint density at radius 3 is 1.95 bits per heavy atom. The quantitative estimate of drug-likeness (QED) is 0.872. The summed E-state index contributed by atoms with van der Waals surface area (Å²) in [6.45, 7) is 4.10. The highest BCUT2D eigenvalue weighted by Crippen LogP contribution is 2.29. The number of alkyl halides is 3. The maximum Gasteiger partial charge on any atom is 0.416 e. The first kappa shape index (κ1) is 19.7. The monoisotopic (exact) mass is 324 g/mol. The summed E-state index contributed by atoms with van der Waals surface area (Å²) in [4.78, 5) is 12.1. The van der Waals surface area contributed by atoms with Gasteiger partial charge in [0.15, 0.2) is 0 Å². The normalized spacial score (nSPS) is 11.7. The minimum Gasteiger partial charge on any atom is -0.345 e. The second-order valence-corrected chi connectivity index (χ2v) is 4.72. The predicted octanol–water partition coefficient (Wildman–Crippen LogP) is 3.37. The van der Waals surface area contributed by atoms with Crippen LogP contribution in [0.25, 0.3) is 0 Å². The van der Waals surface area contributed by atoms with Crippen LogP contribution in [0.1, 0.15) is 42.6 Å². The van der Waals surface area contributed by atoms with Gasteiger partial charge in [0.05, 0.1) is 11.1 Å². The molecule has 0 fully saturated rings. The maximum absolute atomic E-state index is 12.4. The highest BCUT2D eigenvalue weighted by atomic mass is 35.5. The molecule has 0 saturated heterocycles. The SMILES string of the molecule is CCC(CC)(CN)NC(=O)c1ccc(C(F)(F)F)cc1.Cl. The van der Waals surface area contributed by atoms with Crippen LogP contribution in [0.4, 0.5) is 13.2 Å². The third-order valence-electron chi connectivity index (χ3n) is 3.60. The lowest BCUT2D eigenvalue weighted by atomic mass is 9.92. The van der Waals surface area contributed by atoms with Crippen molar-refractivity contribution in [2.75, 3.05) is 6.54 Å². The van der Waals surface area contributed by atoms with Crippen molar-refractivity contribution < 1.29 is 18.0 Å². The Hall–Kier alpha value is -1.27. The summed E-state index contributed by atoms with van der Waals surface area (Å²) in [5, 5.41) is 2.81. The number of rotatable bonds is 5. The Balaban J connectivity index is 0.00000400. The van der Waals surface area contributed by atoms with E-state index in [0.29, 0.717) is 12.8 Å². The van der Waals surface area contributed by atoms with E-state index in [4.69, 9.17) is 5.73 Å². The van der Waals surface area contributed by atoms with Crippen molar-refractivity contribution in [3.63, 3.8) is 0 Å². The largest absolute Gasteiger partial charge is 0.416 e. The first-order valence-corrected chi connectivity index (χ1v) is 6.48. The molecule has 0 aromatic heterocycles. The Morgan fingerprint density at radius 2 is 1.62 bits per heavy atom. The van der Waals surface area contributed by atoms with Crippen molar-refractivity contribution in [3.05, 3.63) is 35.4 Å². The number of hydrogen-bond donors (Lipinski definition) is 2. The van der Waals surface area contributed by atoms with Crippen molar-refractivity contribution in [2.45, 2.75) is 38.4 Å². The lowest BCUT2D eigenvalue weighted by Gasteiger charge is -2.31. The van der Waals surface area contributed by atoms with Gasteiger partial charge in [0, 0.05) is 12.1 Å². The van der Waals surface area contributed by atoms with Gasteiger partial charge in [0.1, 0.15) is 0 Å². The summed E-state index contributed by atoms with van der Waals surface area (Å²) in [6, 6.07) is 4.14. The summed E-state index contributed by atoms with van der Waals surface area (Å²) in [7, 11) is 0. The number of amides is 1. The predicted molar refractivity (Wildman–Crippen MR) is 78.5 cm³/mol. The minimum atomic E-state index is -4.40. The number of benzene rings is 1. The van der Waals surface area contributed by atoms with E-state index in [1.54, 1.807) is 0 Å². The van der Waals surface area contributed by atoms with Gasteiger partial charge in [-0.1, -0.05) is 13.8 Å². The molecule has 7 heteroatoms. The smallest absolute Gasteiger partial charge is 0.345 e. The molecule has 1 amide bonds. The fourth-order valence-corrected chi connectivity index (χ4v) is 1.89. The van der Waals surface area contributed by atoms with Gasteiger partial charge < -0.3 is 11.1 Å². The van der Waals surface area contributed by atoms with Gasteiger partial charge in [-0.15, -0.1) is 12.4 Å². The topological polar surface area (TPSA) is 55.1 Å². The van der Waals surface area contributed by atoms with Crippen molar-refractivity contribution in [2.24, 2.45) is 5.73 Å². The molecule has 0 atom stereocenters. The Labute approximate surface area is 128 Å². The number of carbonyl (C=O) groups is 1. The molecule has 0 bridgehead atoms. The van der Waals surface area contributed by atoms with E-state index in [9.17, 15) is 18.0 Å². The number of carbonyl (C=O) groups excluding carboxylic acids is 1. The Bertz CT molecular complexity index is 448. The molecule has 0 unspecified atom stereocenters. The van der Waals surface area contributed by atoms with Gasteiger partial charge in [-0.25, -0.2) is 0 Å². The van der Waals surface area contributed by atoms with E-state index < -0.39 is 23.2 Å². The molecular formula is C14H20ClF3N2O. The van der Waals surface area contributed by atoms with Crippen LogP contribution < -0.4 is 11.1 Å². The van der Waals surface area contributed by atoms with Gasteiger partial charge in [0.25, 0.3) is 5.91 Å². The minimum absolute atomic E-state index is 0. The average Bonchev–Trinajstić information content (AvgIpc) is 2.44. The fraction of sp³-hybridized carbons (Fsp3) is 0.500. The molecule has 1 aromatic rings. The first-order valence-electron chi connectivity index (χ1n) is 6.48. The molecule has 0 heterocycles. The third-order valence-corrected chi connectivity index (χ3v) is 3.60. The zero-order valence-corrected chi connectivity index (χ0v) is 12.8. The maximum atomic E-state index is 12.4. The number of halogens is 4. The van der Waals surface area contributed by atoms with E-state index in [1.165, 1.54) is 12.1 Å². The van der Waals surface area contributed by atoms with Crippen molar-refractivity contribution in [3.8, 4) is 0 Å². The van der Waals surface area contributed by atoms with Crippen molar-refractivity contribution in [1.29, 1.82) is 0 Å². The van der Waals surface area contributed by atoms with Gasteiger partial charge in [-0.05, 0) is 37.1 Å². The number of nitrogens with one attached hydrogen (secondary N) is 1. The van der Waals surface area contributed by atoms with Gasteiger partial charge >= 0.3 is 6.18 Å². The fourth-order valence-electron chi connectivity index (χ4n) is 1.89. The lowest BCUT2D eigenvalue weighted by Crippen LogP contribution is -2.52. The van der Waals surface area contributed by atoms with E-state index in [-0.39, 0.29) is 24.5 Å². The Kier molecular flexibility index (Phi) is 7.19. The van der Waals surface area contributed by atoms with Crippen LogP contribution in [-0.4, -0.2) is 18.0 Å². The van der Waals surface area contributed by atoms with Gasteiger partial charge in [0.2, 0.25) is 0 Å². The molecule has 3 N–H and O–H groups in total. The molecule has 0 saturated carbocycles. The number of nitrogens with two attached hydrogens (primary N) is 1. The second-order valence-electron chi connectivity index (χ2n) is 4.72. The van der Waals surface area contributed by atoms with Crippen LogP contribution in [0.15, 0.2) is 24.3 Å². The summed E-state index contributed by atoms with van der Waals surface area (Å²) >= 11 is 0. The first-order chi connectivity index (χ1) is 9.28. The van der Waals surface area contributed by atoms with Crippen LogP contribution in [-0.2, 0) is 6.18 Å². The van der Waals surface area contributed by atoms with E-state index in [2.05, 4.69) is 5.32 Å². The highest BCUT2D eigenvalue weighted by molar-refractivity contribution is 5.94. The van der Waals surface area contributed by atoms with E-state index in [1.807, 2.05) is 13.8 Å². The van der Waals surface area contributed by atoms with Crippen molar-refractivity contribution >= 4 is 18.3 Å². The zero-order chi connectivity index (χ0) is 15.4. The molecular weight excluding hydrogens is 305 g/mol. The molecule has 0 radical (unpaired) electrons. The Morgan fingerprint density at radius 1 is 1.14 bits per heavy atom. The molecule has 3 nitrogen and oxygen atoms in total. The zero-order valence-electron chi connectivity index (χ0n) is 12.0. The van der Waals surface area contributed by atoms with Crippen molar-refractivity contribution in [1.82, 2.24) is 5.32 Å². The summed E-state index contributed by atoms with van der Waals surface area (Å²) < 4.78 is 37.3. The van der Waals surface area contributed by atoms with E-state index in [0.717, 1.165) is 12.1 Å². The van der Waals surface area contributed by atoms with Gasteiger partial charge in [-0.2, -0.15) is 13.2 Å². The summed E-state index contributed by atoms with van der Waals surface area (Å²) in [6.07, 6.45) is -3.08. The van der Waals surface area contributed by atoms with Crippen LogP contribution >= 0.6 is 12.4 Å². The van der Waals surface area contributed by atoms with E-state index >= 15 is 0 Å². The molecule has 0 aliphatic rings. The molecule has 120 valence electrons.